The van der Waals surface area contributed by atoms with Gasteiger partial charge in [0.05, 0.1) is 12.8 Å². The van der Waals surface area contributed by atoms with Crippen LogP contribution in [-0.2, 0) is 4.79 Å². The predicted octanol–water partition coefficient (Wildman–Crippen LogP) is 2.14. The lowest BCUT2D eigenvalue weighted by Gasteiger charge is -2.14. The summed E-state index contributed by atoms with van der Waals surface area (Å²) in [5.41, 5.74) is 0.520. The first-order valence-electron chi connectivity index (χ1n) is 5.60. The van der Waals surface area contributed by atoms with E-state index in [1.807, 2.05) is 0 Å². The number of ether oxygens (including phenoxy) is 1. The van der Waals surface area contributed by atoms with Crippen molar-refractivity contribution in [3.8, 4) is 5.75 Å². The Labute approximate surface area is 115 Å². The summed E-state index contributed by atoms with van der Waals surface area (Å²) in [4.78, 5) is 15.9. The number of hydrogen-bond acceptors (Lipinski definition) is 4. The van der Waals surface area contributed by atoms with Gasteiger partial charge in [-0.05, 0) is 25.1 Å². The minimum atomic E-state index is -0.480. The molecule has 0 bridgehead atoms. The van der Waals surface area contributed by atoms with Crippen LogP contribution in [0.1, 0.15) is 13.0 Å². The molecule has 1 N–H and O–H groups in total. The summed E-state index contributed by atoms with van der Waals surface area (Å²) in [6, 6.07) is 4.53. The monoisotopic (exact) mass is 280 g/mol. The number of anilines is 1. The number of hydrogen-bond donors (Lipinski definition) is 1. The van der Waals surface area contributed by atoms with E-state index in [4.69, 9.17) is 16.3 Å². The summed E-state index contributed by atoms with van der Waals surface area (Å²) in [6.45, 7) is 1.72. The van der Waals surface area contributed by atoms with Crippen LogP contribution in [-0.4, -0.2) is 27.8 Å². The molecule has 1 unspecified atom stereocenters. The topological polar surface area (TPSA) is 69.0 Å². The van der Waals surface area contributed by atoms with Crippen molar-refractivity contribution in [2.75, 3.05) is 12.4 Å². The van der Waals surface area contributed by atoms with E-state index in [2.05, 4.69) is 15.4 Å². The summed E-state index contributed by atoms with van der Waals surface area (Å²) in [5, 5.41) is 7.20. The zero-order chi connectivity index (χ0) is 13.8. The zero-order valence-corrected chi connectivity index (χ0v) is 11.3. The standard InChI is InChI=1S/C12H13ClN4O2/c1-8(17-7-14-6-15-17)12(18)16-10-5-9(13)3-4-11(10)19-2/h3-8H,1-2H3,(H,16,18). The Morgan fingerprint density at radius 1 is 1.53 bits per heavy atom. The molecular formula is C12H13ClN4O2. The molecule has 19 heavy (non-hydrogen) atoms. The third kappa shape index (κ3) is 3.03. The highest BCUT2D eigenvalue weighted by atomic mass is 35.5. The predicted molar refractivity (Wildman–Crippen MR) is 71.4 cm³/mol. The normalized spacial score (nSPS) is 11.9. The number of benzene rings is 1. The fourth-order valence-electron chi connectivity index (χ4n) is 1.55. The van der Waals surface area contributed by atoms with Crippen molar-refractivity contribution in [1.82, 2.24) is 14.8 Å². The van der Waals surface area contributed by atoms with Gasteiger partial charge >= 0.3 is 0 Å². The molecule has 1 aromatic carbocycles. The first-order chi connectivity index (χ1) is 9.11. The molecule has 7 heteroatoms. The summed E-state index contributed by atoms with van der Waals surface area (Å²) in [7, 11) is 1.53. The fourth-order valence-corrected chi connectivity index (χ4v) is 1.72. The smallest absolute Gasteiger partial charge is 0.249 e. The fraction of sp³-hybridized carbons (Fsp3) is 0.250. The Morgan fingerprint density at radius 2 is 2.32 bits per heavy atom. The maximum atomic E-state index is 12.1. The SMILES string of the molecule is COc1ccc(Cl)cc1NC(=O)C(C)n1cncn1. The van der Waals surface area contributed by atoms with Crippen molar-refractivity contribution in [2.24, 2.45) is 0 Å². The third-order valence-electron chi connectivity index (χ3n) is 2.63. The van der Waals surface area contributed by atoms with E-state index in [1.54, 1.807) is 25.1 Å². The lowest BCUT2D eigenvalue weighted by Crippen LogP contribution is -2.24. The van der Waals surface area contributed by atoms with Crippen LogP contribution in [0.15, 0.2) is 30.9 Å². The van der Waals surface area contributed by atoms with E-state index < -0.39 is 6.04 Å². The first kappa shape index (κ1) is 13.4. The Bertz CT molecular complexity index is 571. The second-order valence-corrected chi connectivity index (χ2v) is 4.32. The largest absolute Gasteiger partial charge is 0.495 e. The van der Waals surface area contributed by atoms with Crippen molar-refractivity contribution in [1.29, 1.82) is 0 Å². The first-order valence-corrected chi connectivity index (χ1v) is 5.98. The average Bonchev–Trinajstić information content (AvgIpc) is 2.92. The van der Waals surface area contributed by atoms with E-state index in [1.165, 1.54) is 24.4 Å². The molecular weight excluding hydrogens is 268 g/mol. The number of halogens is 1. The van der Waals surface area contributed by atoms with Gasteiger partial charge in [0.2, 0.25) is 5.91 Å². The van der Waals surface area contributed by atoms with Gasteiger partial charge < -0.3 is 10.1 Å². The van der Waals surface area contributed by atoms with E-state index in [9.17, 15) is 4.79 Å². The van der Waals surface area contributed by atoms with Gasteiger partial charge in [-0.2, -0.15) is 5.10 Å². The molecule has 1 atom stereocenters. The number of nitrogens with one attached hydrogen (secondary N) is 1. The molecule has 2 rings (SSSR count). The van der Waals surface area contributed by atoms with Gasteiger partial charge in [0.25, 0.3) is 0 Å². The molecule has 1 heterocycles. The van der Waals surface area contributed by atoms with Crippen LogP contribution >= 0.6 is 11.6 Å². The molecule has 1 amide bonds. The molecule has 6 nitrogen and oxygen atoms in total. The number of amides is 1. The van der Waals surface area contributed by atoms with Crippen LogP contribution in [0.4, 0.5) is 5.69 Å². The number of methoxy groups -OCH3 is 1. The Balaban J connectivity index is 2.17. The van der Waals surface area contributed by atoms with Crippen LogP contribution < -0.4 is 10.1 Å². The summed E-state index contributed by atoms with van der Waals surface area (Å²) in [6.07, 6.45) is 2.86. The van der Waals surface area contributed by atoms with Crippen molar-refractivity contribution >= 4 is 23.2 Å². The van der Waals surface area contributed by atoms with E-state index in [0.29, 0.717) is 16.5 Å². The van der Waals surface area contributed by atoms with Gasteiger partial charge in [-0.1, -0.05) is 11.6 Å². The van der Waals surface area contributed by atoms with Gasteiger partial charge in [-0.15, -0.1) is 0 Å². The van der Waals surface area contributed by atoms with Crippen LogP contribution in [0.5, 0.6) is 5.75 Å². The maximum absolute atomic E-state index is 12.1. The molecule has 0 saturated heterocycles. The Kier molecular flexibility index (Phi) is 4.01. The highest BCUT2D eigenvalue weighted by Crippen LogP contribution is 2.28. The Hall–Kier alpha value is -2.08. The Morgan fingerprint density at radius 3 is 2.95 bits per heavy atom. The van der Waals surface area contributed by atoms with Crippen LogP contribution in [0, 0.1) is 0 Å². The van der Waals surface area contributed by atoms with Crippen LogP contribution in [0.25, 0.3) is 0 Å². The van der Waals surface area contributed by atoms with Gasteiger partial charge in [-0.25, -0.2) is 9.67 Å². The van der Waals surface area contributed by atoms with Gasteiger partial charge in [0.15, 0.2) is 0 Å². The molecule has 100 valence electrons. The number of carbonyl (C=O) groups is 1. The lowest BCUT2D eigenvalue weighted by molar-refractivity contribution is -0.119. The van der Waals surface area contributed by atoms with E-state index in [-0.39, 0.29) is 5.91 Å². The quantitative estimate of drug-likeness (QED) is 0.931. The maximum Gasteiger partial charge on any atom is 0.249 e. The molecule has 0 saturated carbocycles. The third-order valence-corrected chi connectivity index (χ3v) is 2.87. The average molecular weight is 281 g/mol. The molecule has 0 fully saturated rings. The number of carbonyl (C=O) groups excluding carboxylic acids is 1. The highest BCUT2D eigenvalue weighted by Gasteiger charge is 2.17. The molecule has 0 aliphatic rings. The van der Waals surface area contributed by atoms with E-state index >= 15 is 0 Å². The van der Waals surface area contributed by atoms with Crippen molar-refractivity contribution in [2.45, 2.75) is 13.0 Å². The van der Waals surface area contributed by atoms with Gasteiger partial charge in [0, 0.05) is 5.02 Å². The van der Waals surface area contributed by atoms with Gasteiger partial charge in [0.1, 0.15) is 24.4 Å². The molecule has 0 radical (unpaired) electrons. The highest BCUT2D eigenvalue weighted by molar-refractivity contribution is 6.31. The summed E-state index contributed by atoms with van der Waals surface area (Å²) >= 11 is 5.90. The van der Waals surface area contributed by atoms with Crippen LogP contribution in [0.3, 0.4) is 0 Å². The molecule has 0 spiro atoms. The zero-order valence-electron chi connectivity index (χ0n) is 10.5. The lowest BCUT2D eigenvalue weighted by atomic mass is 10.2. The molecule has 2 aromatic rings. The van der Waals surface area contributed by atoms with Crippen molar-refractivity contribution in [3.05, 3.63) is 35.9 Å². The second-order valence-electron chi connectivity index (χ2n) is 3.89. The number of aromatic nitrogens is 3. The van der Waals surface area contributed by atoms with Crippen molar-refractivity contribution in [3.63, 3.8) is 0 Å². The number of rotatable bonds is 4. The van der Waals surface area contributed by atoms with Gasteiger partial charge in [-0.3, -0.25) is 4.79 Å². The summed E-state index contributed by atoms with van der Waals surface area (Å²) < 4.78 is 6.63. The minimum Gasteiger partial charge on any atom is -0.495 e. The number of nitrogens with zero attached hydrogens (tertiary/aromatic N) is 3. The van der Waals surface area contributed by atoms with E-state index in [0.717, 1.165) is 0 Å². The summed E-state index contributed by atoms with van der Waals surface area (Å²) in [5.74, 6) is 0.314. The second kappa shape index (κ2) is 5.71. The molecule has 0 aliphatic heterocycles. The minimum absolute atomic E-state index is 0.230. The molecule has 1 aromatic heterocycles. The van der Waals surface area contributed by atoms with Crippen LogP contribution in [0.2, 0.25) is 5.02 Å². The van der Waals surface area contributed by atoms with Crippen molar-refractivity contribution < 1.29 is 9.53 Å². The molecule has 0 aliphatic carbocycles.